The highest BCUT2D eigenvalue weighted by Gasteiger charge is 2.21. The number of para-hydroxylation sites is 4. The molecule has 11 rings (SSSR count). The number of fused-ring (bicyclic) bond motifs is 8. The van der Waals surface area contributed by atoms with E-state index in [-0.39, 0.29) is 0 Å². The molecular weight excluding hydrogens is 663 g/mol. The van der Waals surface area contributed by atoms with Gasteiger partial charge in [0.15, 0.2) is 5.82 Å². The van der Waals surface area contributed by atoms with Crippen molar-refractivity contribution in [2.24, 2.45) is 0 Å². The van der Waals surface area contributed by atoms with Gasteiger partial charge >= 0.3 is 0 Å². The molecule has 0 unspecified atom stereocenters. The summed E-state index contributed by atoms with van der Waals surface area (Å²) in [5.74, 6) is 0.686. The lowest BCUT2D eigenvalue weighted by Crippen LogP contribution is -1.96. The second-order valence-corrected chi connectivity index (χ2v) is 13.5. The van der Waals surface area contributed by atoms with Crippen molar-refractivity contribution in [2.75, 3.05) is 0 Å². The van der Waals surface area contributed by atoms with E-state index in [0.29, 0.717) is 5.82 Å². The third kappa shape index (κ3) is 4.83. The molecular formula is C49H29N3O2. The van der Waals surface area contributed by atoms with Crippen LogP contribution < -0.4 is 0 Å². The van der Waals surface area contributed by atoms with Gasteiger partial charge in [0.05, 0.1) is 28.0 Å². The second kappa shape index (κ2) is 12.1. The Bertz CT molecular complexity index is 3140. The Morgan fingerprint density at radius 1 is 0.352 bits per heavy atom. The molecule has 0 atom stereocenters. The van der Waals surface area contributed by atoms with Crippen LogP contribution >= 0.6 is 0 Å². The summed E-state index contributed by atoms with van der Waals surface area (Å²) in [6, 6.07) is 60.0. The van der Waals surface area contributed by atoms with Gasteiger partial charge in [-0.25, -0.2) is 15.0 Å². The Morgan fingerprint density at radius 3 is 1.63 bits per heavy atom. The molecule has 0 spiro atoms. The number of benzene rings is 7. The van der Waals surface area contributed by atoms with Crippen molar-refractivity contribution in [2.45, 2.75) is 0 Å². The molecule has 0 fully saturated rings. The summed E-state index contributed by atoms with van der Waals surface area (Å²) >= 11 is 0. The van der Waals surface area contributed by atoms with Crippen LogP contribution in [0.5, 0.6) is 0 Å². The molecule has 4 heterocycles. The fourth-order valence-corrected chi connectivity index (χ4v) is 7.74. The van der Waals surface area contributed by atoms with Crippen molar-refractivity contribution >= 4 is 54.8 Å². The summed E-state index contributed by atoms with van der Waals surface area (Å²) in [7, 11) is 0. The smallest absolute Gasteiger partial charge is 0.160 e. The Morgan fingerprint density at radius 2 is 0.889 bits per heavy atom. The average Bonchev–Trinajstić information content (AvgIpc) is 3.83. The molecule has 4 aromatic heterocycles. The van der Waals surface area contributed by atoms with Crippen LogP contribution in [-0.2, 0) is 0 Å². The lowest BCUT2D eigenvalue weighted by Gasteiger charge is -2.12. The van der Waals surface area contributed by atoms with Gasteiger partial charge in [0.2, 0.25) is 0 Å². The van der Waals surface area contributed by atoms with E-state index in [1.165, 1.54) is 0 Å². The predicted octanol–water partition coefficient (Wildman–Crippen LogP) is 13.2. The molecule has 0 aliphatic heterocycles. The minimum absolute atomic E-state index is 0.686. The van der Waals surface area contributed by atoms with Crippen LogP contribution in [0.2, 0.25) is 0 Å². The van der Waals surface area contributed by atoms with Crippen LogP contribution in [0.3, 0.4) is 0 Å². The third-order valence-electron chi connectivity index (χ3n) is 10.3. The van der Waals surface area contributed by atoms with Gasteiger partial charge < -0.3 is 8.83 Å². The van der Waals surface area contributed by atoms with E-state index in [0.717, 1.165) is 105 Å². The van der Waals surface area contributed by atoms with Gasteiger partial charge in [-0.3, -0.25) is 0 Å². The number of furan rings is 2. The molecule has 7 aromatic carbocycles. The van der Waals surface area contributed by atoms with Gasteiger partial charge in [0, 0.05) is 54.9 Å². The van der Waals surface area contributed by atoms with E-state index in [4.69, 9.17) is 23.8 Å². The standard InChI is InChI=1S/C49H29N3O2/c1-3-13-30(14-4-1)40-29-41(51-49(50-40)33-15-5-2-6-16-33)31-25-27-32(28-26-31)45-44-38-18-8-10-24-43(38)54-48(44)39-22-11-19-35(46(39)52-45)37-21-12-20-36-34-17-7-9-23-42(34)53-47(36)37/h1-29H. The van der Waals surface area contributed by atoms with E-state index in [9.17, 15) is 0 Å². The lowest BCUT2D eigenvalue weighted by atomic mass is 9.96. The number of aromatic nitrogens is 3. The van der Waals surface area contributed by atoms with E-state index in [1.807, 2.05) is 72.8 Å². The van der Waals surface area contributed by atoms with Gasteiger partial charge in [-0.05, 0) is 24.3 Å². The normalized spacial score (nSPS) is 11.7. The summed E-state index contributed by atoms with van der Waals surface area (Å²) in [4.78, 5) is 15.6. The molecule has 252 valence electrons. The highest BCUT2D eigenvalue weighted by Crippen LogP contribution is 2.44. The number of rotatable bonds is 5. The lowest BCUT2D eigenvalue weighted by molar-refractivity contribution is 0.670. The van der Waals surface area contributed by atoms with Crippen molar-refractivity contribution in [3.05, 3.63) is 176 Å². The molecule has 54 heavy (non-hydrogen) atoms. The first kappa shape index (κ1) is 30.3. The maximum atomic E-state index is 6.68. The van der Waals surface area contributed by atoms with Crippen LogP contribution in [0, 0.1) is 0 Å². The summed E-state index contributed by atoms with van der Waals surface area (Å²) in [6.07, 6.45) is 0. The Kier molecular flexibility index (Phi) is 6.79. The van der Waals surface area contributed by atoms with Crippen molar-refractivity contribution in [1.82, 2.24) is 15.0 Å². The summed E-state index contributed by atoms with van der Waals surface area (Å²) in [6.45, 7) is 0. The summed E-state index contributed by atoms with van der Waals surface area (Å²) in [5.41, 5.74) is 12.7. The van der Waals surface area contributed by atoms with Gasteiger partial charge in [0.1, 0.15) is 22.3 Å². The zero-order valence-corrected chi connectivity index (χ0v) is 28.9. The van der Waals surface area contributed by atoms with Crippen molar-refractivity contribution < 1.29 is 8.83 Å². The fraction of sp³-hybridized carbons (Fsp3) is 0. The largest absolute Gasteiger partial charge is 0.455 e. The molecule has 0 saturated heterocycles. The monoisotopic (exact) mass is 691 g/mol. The third-order valence-corrected chi connectivity index (χ3v) is 10.3. The summed E-state index contributed by atoms with van der Waals surface area (Å²) in [5, 5.41) is 5.15. The maximum absolute atomic E-state index is 6.68. The van der Waals surface area contributed by atoms with Crippen LogP contribution in [0.15, 0.2) is 185 Å². The van der Waals surface area contributed by atoms with E-state index in [1.54, 1.807) is 0 Å². The Labute approximate surface area is 309 Å². The Hall–Kier alpha value is -7.37. The maximum Gasteiger partial charge on any atom is 0.160 e. The molecule has 5 heteroatoms. The molecule has 5 nitrogen and oxygen atoms in total. The topological polar surface area (TPSA) is 65.0 Å². The van der Waals surface area contributed by atoms with Gasteiger partial charge in [-0.1, -0.05) is 152 Å². The van der Waals surface area contributed by atoms with Crippen molar-refractivity contribution in [1.29, 1.82) is 0 Å². The predicted molar refractivity (Wildman–Crippen MR) is 219 cm³/mol. The van der Waals surface area contributed by atoms with E-state index in [2.05, 4.69) is 103 Å². The number of nitrogens with zero attached hydrogens (tertiary/aromatic N) is 3. The zero-order chi connectivity index (χ0) is 35.6. The molecule has 0 saturated carbocycles. The fourth-order valence-electron chi connectivity index (χ4n) is 7.74. The van der Waals surface area contributed by atoms with E-state index < -0.39 is 0 Å². The van der Waals surface area contributed by atoms with Gasteiger partial charge in [-0.15, -0.1) is 0 Å². The van der Waals surface area contributed by atoms with Crippen LogP contribution in [-0.4, -0.2) is 15.0 Å². The molecule has 0 aliphatic rings. The van der Waals surface area contributed by atoms with E-state index >= 15 is 0 Å². The average molecular weight is 692 g/mol. The van der Waals surface area contributed by atoms with Crippen molar-refractivity contribution in [3.63, 3.8) is 0 Å². The van der Waals surface area contributed by atoms with Gasteiger partial charge in [-0.2, -0.15) is 0 Å². The minimum atomic E-state index is 0.686. The van der Waals surface area contributed by atoms with Crippen molar-refractivity contribution in [3.8, 4) is 56.3 Å². The minimum Gasteiger partial charge on any atom is -0.455 e. The summed E-state index contributed by atoms with van der Waals surface area (Å²) < 4.78 is 13.2. The first-order valence-electron chi connectivity index (χ1n) is 18.0. The Balaban J connectivity index is 1.11. The molecule has 0 amide bonds. The number of hydrogen-bond donors (Lipinski definition) is 0. The van der Waals surface area contributed by atoms with Crippen LogP contribution in [0.4, 0.5) is 0 Å². The highest BCUT2D eigenvalue weighted by molar-refractivity contribution is 6.21. The quantitative estimate of drug-likeness (QED) is 0.180. The first-order valence-corrected chi connectivity index (χ1v) is 18.0. The van der Waals surface area contributed by atoms with Crippen LogP contribution in [0.25, 0.3) is 111 Å². The number of hydrogen-bond acceptors (Lipinski definition) is 5. The first-order chi connectivity index (χ1) is 26.8. The number of pyridine rings is 1. The highest BCUT2D eigenvalue weighted by atomic mass is 16.3. The molecule has 0 radical (unpaired) electrons. The molecule has 11 aromatic rings. The SMILES string of the molecule is c1ccc(-c2cc(-c3ccc(-c4nc5c(-c6cccc7c6oc6ccccc67)cccc5c5oc6ccccc6c45)cc3)nc(-c3ccccc3)n2)cc1. The molecule has 0 bridgehead atoms. The molecule has 0 N–H and O–H groups in total. The zero-order valence-electron chi connectivity index (χ0n) is 28.9. The second-order valence-electron chi connectivity index (χ2n) is 13.5. The molecule has 0 aliphatic carbocycles. The van der Waals surface area contributed by atoms with Gasteiger partial charge in [0.25, 0.3) is 0 Å². The van der Waals surface area contributed by atoms with Crippen LogP contribution in [0.1, 0.15) is 0 Å².